The molecule has 0 aliphatic rings. The highest BCUT2D eigenvalue weighted by molar-refractivity contribution is 6.80. The van der Waals surface area contributed by atoms with Crippen LogP contribution in [0.5, 0.6) is 5.75 Å². The van der Waals surface area contributed by atoms with E-state index >= 15 is 0 Å². The third kappa shape index (κ3) is 3.30. The number of para-hydroxylation sites is 1. The van der Waals surface area contributed by atoms with E-state index in [1.165, 1.54) is 20.6 Å². The number of halogens is 1. The van der Waals surface area contributed by atoms with Crippen LogP contribution in [0.15, 0.2) is 24.3 Å². The van der Waals surface area contributed by atoms with Crippen LogP contribution >= 0.6 is 9.07 Å². The first-order valence-corrected chi connectivity index (χ1v) is 4.96. The molecule has 1 nitrogen and oxygen atoms in total. The summed E-state index contributed by atoms with van der Waals surface area (Å²) in [5.74, 6) is 0.368. The zero-order valence-electron chi connectivity index (χ0n) is 5.84. The SMILES string of the molecule is Cc1ccccc1O.[Mg+2][Cl]. The molecule has 0 unspecified atom stereocenters. The molecule has 0 aromatic heterocycles. The van der Waals surface area contributed by atoms with E-state index in [0.717, 1.165) is 5.56 Å². The molecule has 10 heavy (non-hydrogen) atoms. The molecule has 0 saturated heterocycles. The van der Waals surface area contributed by atoms with Crippen LogP contribution < -0.4 is 0 Å². The lowest BCUT2D eigenvalue weighted by Crippen LogP contribution is -1.68. The van der Waals surface area contributed by atoms with Crippen LogP contribution in [-0.2, 0) is 0 Å². The van der Waals surface area contributed by atoms with Crippen LogP contribution in [0.2, 0.25) is 0 Å². The van der Waals surface area contributed by atoms with Gasteiger partial charge in [-0.1, -0.05) is 18.2 Å². The van der Waals surface area contributed by atoms with Crippen molar-refractivity contribution in [1.82, 2.24) is 0 Å². The average molecular weight is 168 g/mol. The van der Waals surface area contributed by atoms with E-state index in [0.29, 0.717) is 5.75 Å². The molecule has 7 radical (unpaired) electrons. The molecule has 0 aliphatic heterocycles. The van der Waals surface area contributed by atoms with E-state index in [-0.39, 0.29) is 0 Å². The largest absolute Gasteiger partial charge is 1.59 e. The molecule has 1 aromatic rings. The first-order chi connectivity index (χ1) is 4.80. The fourth-order valence-electron chi connectivity index (χ4n) is 0.563. The summed E-state index contributed by atoms with van der Waals surface area (Å²) in [6.07, 6.45) is 0. The Hall–Kier alpha value is 0.0762. The summed E-state index contributed by atoms with van der Waals surface area (Å²) in [5, 5.41) is 8.92. The van der Waals surface area contributed by atoms with Gasteiger partial charge in [-0.05, 0) is 18.6 Å². The Morgan fingerprint density at radius 2 is 1.80 bits per heavy atom. The molecule has 0 saturated carbocycles. The van der Waals surface area contributed by atoms with Gasteiger partial charge in [-0.3, -0.25) is 0 Å². The minimum Gasteiger partial charge on any atom is -0.508 e. The average Bonchev–Trinajstić information content (AvgIpc) is 2.00. The monoisotopic (exact) mass is 167 g/mol. The number of aromatic hydroxyl groups is 1. The lowest BCUT2D eigenvalue weighted by atomic mass is 10.2. The second-order valence-electron chi connectivity index (χ2n) is 1.79. The first-order valence-electron chi connectivity index (χ1n) is 2.82. The van der Waals surface area contributed by atoms with Crippen molar-refractivity contribution in [2.75, 3.05) is 0 Å². The molecule has 1 aromatic carbocycles. The van der Waals surface area contributed by atoms with Gasteiger partial charge in [-0.2, -0.15) is 0 Å². The Morgan fingerprint density at radius 1 is 1.30 bits per heavy atom. The van der Waals surface area contributed by atoms with Crippen LogP contribution in [0.1, 0.15) is 5.56 Å². The number of benzene rings is 1. The predicted octanol–water partition coefficient (Wildman–Crippen LogP) is 2.01. The molecule has 1 rings (SSSR count). The molecule has 0 amide bonds. The highest BCUT2D eigenvalue weighted by Gasteiger charge is 2.16. The van der Waals surface area contributed by atoms with E-state index in [1.807, 2.05) is 25.1 Å². The highest BCUT2D eigenvalue weighted by atomic mass is 35.5. The summed E-state index contributed by atoms with van der Waals surface area (Å²) in [7, 11) is 4.67. The van der Waals surface area contributed by atoms with Crippen LogP contribution in [0.3, 0.4) is 0 Å². The molecule has 0 bridgehead atoms. The maximum absolute atomic E-state index is 8.92. The Kier molecular flexibility index (Phi) is 5.88. The molecule has 0 fully saturated rings. The van der Waals surface area contributed by atoms with Crippen molar-refractivity contribution in [1.29, 1.82) is 0 Å². The Morgan fingerprint density at radius 3 is 2.10 bits per heavy atom. The molecule has 0 heterocycles. The van der Waals surface area contributed by atoms with Crippen molar-refractivity contribution in [3.63, 3.8) is 0 Å². The Labute approximate surface area is 77.2 Å². The van der Waals surface area contributed by atoms with E-state index in [4.69, 9.17) is 5.11 Å². The summed E-state index contributed by atoms with van der Waals surface area (Å²) < 4.78 is 0. The van der Waals surface area contributed by atoms with Gasteiger partial charge in [0.25, 0.3) is 0 Å². The third-order valence-corrected chi connectivity index (χ3v) is 1.12. The predicted molar refractivity (Wildman–Crippen MR) is 44.5 cm³/mol. The normalized spacial score (nSPS) is 7.90. The van der Waals surface area contributed by atoms with Gasteiger partial charge in [0.1, 0.15) is 5.75 Å². The molecule has 0 aliphatic carbocycles. The molecule has 3 heteroatoms. The number of phenols is 1. The first kappa shape index (κ1) is 10.1. The zero-order valence-corrected chi connectivity index (χ0v) is 8.01. The van der Waals surface area contributed by atoms with E-state index in [1.54, 1.807) is 6.07 Å². The number of phenolic OH excluding ortho intramolecular Hbond substituents is 1. The summed E-state index contributed by atoms with van der Waals surface area (Å²) in [4.78, 5) is 0. The smallest absolute Gasteiger partial charge is 0.508 e. The maximum Gasteiger partial charge on any atom is 1.59 e. The minimum absolute atomic E-state index is 0.368. The van der Waals surface area contributed by atoms with Crippen LogP contribution in [0.25, 0.3) is 0 Å². The van der Waals surface area contributed by atoms with Crippen LogP contribution in [0, 0.1) is 6.92 Å². The topological polar surface area (TPSA) is 20.2 Å². The van der Waals surface area contributed by atoms with Gasteiger partial charge in [0.05, 0.1) is 0 Å². The fraction of sp³-hybridized carbons (Fsp3) is 0.143. The van der Waals surface area contributed by atoms with Crippen LogP contribution in [0.4, 0.5) is 0 Å². The molecule has 0 atom stereocenters. The standard InChI is InChI=1S/C7H8O.ClH.Mg/c1-6-4-2-3-5-7(6)8;;/h2-5,8H,1H3;1H;/q;;+3/p-1. The molecule has 0 spiro atoms. The number of aryl methyl sites for hydroxylation is 1. The van der Waals surface area contributed by atoms with E-state index in [2.05, 4.69) is 9.07 Å². The van der Waals surface area contributed by atoms with Crippen molar-refractivity contribution >= 4 is 29.7 Å². The number of hydrogen-bond donors (Lipinski definition) is 1. The van der Waals surface area contributed by atoms with Crippen molar-refractivity contribution in [3.05, 3.63) is 29.8 Å². The Balaban J connectivity index is 0.000000371. The van der Waals surface area contributed by atoms with Crippen LogP contribution in [-0.4, -0.2) is 25.7 Å². The highest BCUT2D eigenvalue weighted by Crippen LogP contribution is 2.12. The van der Waals surface area contributed by atoms with Gasteiger partial charge in [0, 0.05) is 0 Å². The molecule has 49 valence electrons. The van der Waals surface area contributed by atoms with E-state index < -0.39 is 0 Å². The van der Waals surface area contributed by atoms with Crippen molar-refractivity contribution in [2.45, 2.75) is 6.92 Å². The summed E-state index contributed by atoms with van der Waals surface area (Å²) in [6.45, 7) is 1.87. The fourth-order valence-corrected chi connectivity index (χ4v) is 0.563. The van der Waals surface area contributed by atoms with Crippen molar-refractivity contribution < 1.29 is 5.11 Å². The van der Waals surface area contributed by atoms with Crippen molar-refractivity contribution in [3.8, 4) is 5.75 Å². The van der Waals surface area contributed by atoms with Gasteiger partial charge >= 0.3 is 29.7 Å². The summed E-state index contributed by atoms with van der Waals surface area (Å²) in [5.41, 5.74) is 0.924. The molecular weight excluding hydrogens is 160 g/mol. The quantitative estimate of drug-likeness (QED) is 0.587. The maximum atomic E-state index is 8.92. The Bertz CT molecular complexity index is 170. The van der Waals surface area contributed by atoms with Gasteiger partial charge < -0.3 is 5.11 Å². The van der Waals surface area contributed by atoms with Gasteiger partial charge in [-0.25, -0.2) is 0 Å². The molecule has 1 N–H and O–H groups in total. The van der Waals surface area contributed by atoms with Gasteiger partial charge in [0.2, 0.25) is 0 Å². The third-order valence-electron chi connectivity index (χ3n) is 1.12. The lowest BCUT2D eigenvalue weighted by Gasteiger charge is -1.92. The summed E-state index contributed by atoms with van der Waals surface area (Å²) >= 11 is 1.33. The summed E-state index contributed by atoms with van der Waals surface area (Å²) in [6, 6.07) is 7.25. The minimum atomic E-state index is 0.368. The number of hydrogen-bond acceptors (Lipinski definition) is 1. The molecular formula is C7H8ClMgO+2. The second kappa shape index (κ2) is 5.83. The van der Waals surface area contributed by atoms with Gasteiger partial charge in [-0.15, -0.1) is 0 Å². The van der Waals surface area contributed by atoms with Gasteiger partial charge in [0.15, 0.2) is 0 Å². The van der Waals surface area contributed by atoms with Crippen molar-refractivity contribution in [2.24, 2.45) is 0 Å². The lowest BCUT2D eigenvalue weighted by molar-refractivity contribution is 0.471. The second-order valence-corrected chi connectivity index (χ2v) is 1.79. The number of rotatable bonds is 0. The van der Waals surface area contributed by atoms with E-state index in [9.17, 15) is 0 Å². The zero-order chi connectivity index (χ0) is 7.98.